The third kappa shape index (κ3) is 3.07. The molecule has 33 heavy (non-hydrogen) atoms. The van der Waals surface area contributed by atoms with Crippen molar-refractivity contribution in [2.75, 3.05) is 5.32 Å². The fourth-order valence-electron chi connectivity index (χ4n) is 2.81. The first kappa shape index (κ1) is 25.7. The smallest absolute Gasteiger partial charge is 0.299 e. The Morgan fingerprint density at radius 3 is 1.76 bits per heavy atom. The van der Waals surface area contributed by atoms with E-state index in [1.54, 1.807) is 0 Å². The van der Waals surface area contributed by atoms with E-state index in [1.807, 2.05) is 0 Å². The van der Waals surface area contributed by atoms with Crippen molar-refractivity contribution in [2.45, 2.75) is 35.3 Å². The third-order valence-electron chi connectivity index (χ3n) is 4.70. The maximum atomic E-state index is 14.7. The van der Waals surface area contributed by atoms with E-state index in [2.05, 4.69) is 4.98 Å². The van der Waals surface area contributed by atoms with Crippen LogP contribution in [0.1, 0.15) is 0 Å². The number of nitrogens with zero attached hydrogens (tertiary/aromatic N) is 1. The van der Waals surface area contributed by atoms with Crippen LogP contribution in [0, 0.1) is 0 Å². The van der Waals surface area contributed by atoms with Gasteiger partial charge in [0, 0.05) is 10.9 Å². The molecule has 1 aromatic carbocycles. The molecule has 0 radical (unpaired) electrons. The van der Waals surface area contributed by atoms with Crippen LogP contribution >= 0.6 is 34.5 Å². The van der Waals surface area contributed by atoms with Crippen LogP contribution in [-0.2, 0) is 4.79 Å². The molecule has 0 bridgehead atoms. The normalized spacial score (nSPS) is 23.7. The Labute approximate surface area is 189 Å². The van der Waals surface area contributed by atoms with Crippen molar-refractivity contribution < 1.29 is 53.1 Å². The van der Waals surface area contributed by atoms with Gasteiger partial charge in [-0.2, -0.15) is 43.9 Å². The molecule has 2 aromatic rings. The van der Waals surface area contributed by atoms with Gasteiger partial charge < -0.3 is 0 Å². The Balaban J connectivity index is 2.04. The Morgan fingerprint density at radius 1 is 0.788 bits per heavy atom. The number of carbonyl (C=O) groups is 1. The lowest BCUT2D eigenvalue weighted by Crippen LogP contribution is -2.86. The summed E-state index contributed by atoms with van der Waals surface area (Å²) in [5.74, 6) is -40.2. The molecule has 0 unspecified atom stereocenters. The zero-order valence-corrected chi connectivity index (χ0v) is 17.3. The number of anilines is 1. The minimum Gasteiger partial charge on any atom is -0.299 e. The minimum absolute atomic E-state index is 0.0117. The highest BCUT2D eigenvalue weighted by Gasteiger charge is 3.02. The summed E-state index contributed by atoms with van der Waals surface area (Å²) >= 11 is 11.7. The predicted octanol–water partition coefficient (Wildman–Crippen LogP) is 6.95. The lowest BCUT2D eigenvalue weighted by atomic mass is 9.71. The maximum absolute atomic E-state index is 14.7. The van der Waals surface area contributed by atoms with Crippen molar-refractivity contribution in [1.29, 1.82) is 0 Å². The number of thiazole rings is 1. The molecule has 0 aliphatic heterocycles. The van der Waals surface area contributed by atoms with E-state index in [9.17, 15) is 53.1 Å². The van der Waals surface area contributed by atoms with Crippen molar-refractivity contribution in [3.05, 3.63) is 33.6 Å². The second-order valence-electron chi connectivity index (χ2n) is 6.65. The second-order valence-corrected chi connectivity index (χ2v) is 8.32. The molecule has 1 fully saturated rings. The first-order chi connectivity index (χ1) is 14.8. The summed E-state index contributed by atoms with van der Waals surface area (Å²) in [6.07, 6.45) is 0. The first-order valence-corrected chi connectivity index (χ1v) is 9.71. The van der Waals surface area contributed by atoms with E-state index in [-0.39, 0.29) is 32.6 Å². The molecule has 1 aromatic heterocycles. The molecule has 3 rings (SSSR count). The largest absolute Gasteiger partial charge is 0.384 e. The lowest BCUT2D eigenvalue weighted by Gasteiger charge is -2.51. The summed E-state index contributed by atoms with van der Waals surface area (Å²) in [6, 6.07) is 3.76. The summed E-state index contributed by atoms with van der Waals surface area (Å²) in [4.78, 5) is 15.4. The highest BCUT2D eigenvalue weighted by atomic mass is 35.5. The molecule has 182 valence electrons. The molecule has 1 N–H and O–H groups in total. The fraction of sp³-hybridized carbons (Fsp3) is 0.375. The molecule has 3 nitrogen and oxygen atoms in total. The number of rotatable bonds is 3. The van der Waals surface area contributed by atoms with Crippen LogP contribution in [0.3, 0.4) is 0 Å². The van der Waals surface area contributed by atoms with Gasteiger partial charge in [-0.25, -0.2) is 9.37 Å². The van der Waals surface area contributed by atoms with Gasteiger partial charge in [-0.05, 0) is 12.1 Å². The van der Waals surface area contributed by atoms with E-state index in [1.165, 1.54) is 18.2 Å². The van der Waals surface area contributed by atoms with E-state index < -0.39 is 46.3 Å². The molecule has 0 saturated heterocycles. The second kappa shape index (κ2) is 7.31. The number of aromatic nitrogens is 1. The number of hydrogen-bond donors (Lipinski definition) is 1. The SMILES string of the molecule is O=C(Nc1nc(-c2ccc(Cl)c(Cl)c2)cs1)C1(F)C(F)(F)C(F)(F)C(F)(F)C(F)(F)C1(F)F. The summed E-state index contributed by atoms with van der Waals surface area (Å²) < 4.78 is 151. The number of amides is 1. The third-order valence-corrected chi connectivity index (χ3v) is 6.19. The van der Waals surface area contributed by atoms with E-state index >= 15 is 0 Å². The van der Waals surface area contributed by atoms with Crippen LogP contribution in [0.25, 0.3) is 11.3 Å². The summed E-state index contributed by atoms with van der Waals surface area (Å²) in [6.45, 7) is 0. The number of hydrogen-bond acceptors (Lipinski definition) is 3. The average molecular weight is 553 g/mol. The Morgan fingerprint density at radius 2 is 1.27 bits per heavy atom. The van der Waals surface area contributed by atoms with Crippen molar-refractivity contribution in [1.82, 2.24) is 4.98 Å². The van der Waals surface area contributed by atoms with E-state index in [4.69, 9.17) is 23.2 Å². The van der Waals surface area contributed by atoms with E-state index in [0.717, 1.165) is 10.7 Å². The molecule has 1 aliphatic carbocycles. The molecule has 1 aliphatic rings. The van der Waals surface area contributed by atoms with Crippen LogP contribution < -0.4 is 5.32 Å². The molecule has 1 amide bonds. The van der Waals surface area contributed by atoms with Gasteiger partial charge in [0.2, 0.25) is 0 Å². The zero-order chi connectivity index (χ0) is 25.4. The molecular formula is C16H5Cl2F11N2OS. The first-order valence-electron chi connectivity index (χ1n) is 8.07. The molecular weight excluding hydrogens is 548 g/mol. The van der Waals surface area contributed by atoms with Crippen LogP contribution in [0.15, 0.2) is 23.6 Å². The summed E-state index contributed by atoms with van der Waals surface area (Å²) in [7, 11) is 0. The van der Waals surface area contributed by atoms with Gasteiger partial charge in [0.15, 0.2) is 5.13 Å². The van der Waals surface area contributed by atoms with Gasteiger partial charge in [0.05, 0.1) is 15.7 Å². The van der Waals surface area contributed by atoms with Gasteiger partial charge in [0.25, 0.3) is 5.91 Å². The maximum Gasteiger partial charge on any atom is 0.384 e. The monoisotopic (exact) mass is 552 g/mol. The van der Waals surface area contributed by atoms with Crippen molar-refractivity contribution in [2.24, 2.45) is 0 Å². The van der Waals surface area contributed by atoms with Crippen LogP contribution in [0.2, 0.25) is 10.0 Å². The zero-order valence-electron chi connectivity index (χ0n) is 15.0. The highest BCUT2D eigenvalue weighted by molar-refractivity contribution is 7.14. The molecule has 1 saturated carbocycles. The molecule has 0 atom stereocenters. The number of halogens is 13. The van der Waals surface area contributed by atoms with Gasteiger partial charge in [-0.1, -0.05) is 29.3 Å². The number of carbonyl (C=O) groups excluding carboxylic acids is 1. The number of nitrogens with one attached hydrogen (secondary N) is 1. The standard InChI is InChI=1S/C16H5Cl2F11N2OS/c17-6-2-1-5(3-7(6)18)8-4-33-10(30-8)31-9(32)11(19)12(20,21)14(24,25)16(28,29)15(26,27)13(11,22)23/h1-4H,(H,30,31,32). The molecule has 17 heteroatoms. The fourth-order valence-corrected chi connectivity index (χ4v) is 3.82. The van der Waals surface area contributed by atoms with Crippen molar-refractivity contribution in [3.8, 4) is 11.3 Å². The summed E-state index contributed by atoms with van der Waals surface area (Å²) in [5.41, 5.74) is -6.81. The molecule has 0 spiro atoms. The quantitative estimate of drug-likeness (QED) is 0.418. The Bertz CT molecular complexity index is 1090. The van der Waals surface area contributed by atoms with Crippen molar-refractivity contribution >= 4 is 45.6 Å². The summed E-state index contributed by atoms with van der Waals surface area (Å²) in [5, 5.41) is 1.05. The highest BCUT2D eigenvalue weighted by Crippen LogP contribution is 2.69. The Hall–Kier alpha value is -1.87. The minimum atomic E-state index is -7.41. The average Bonchev–Trinajstić information content (AvgIpc) is 3.16. The van der Waals surface area contributed by atoms with Crippen LogP contribution in [-0.4, -0.2) is 46.2 Å². The number of alkyl halides is 11. The number of benzene rings is 1. The van der Waals surface area contributed by atoms with Gasteiger partial charge >= 0.3 is 35.3 Å². The topological polar surface area (TPSA) is 42.0 Å². The predicted molar refractivity (Wildman–Crippen MR) is 94.8 cm³/mol. The Kier molecular flexibility index (Phi) is 5.71. The van der Waals surface area contributed by atoms with Gasteiger partial charge in [0.1, 0.15) is 0 Å². The van der Waals surface area contributed by atoms with Gasteiger partial charge in [-0.3, -0.25) is 10.1 Å². The lowest BCUT2D eigenvalue weighted by molar-refractivity contribution is -0.475. The molecule has 1 heterocycles. The van der Waals surface area contributed by atoms with Gasteiger partial charge in [-0.15, -0.1) is 11.3 Å². The van der Waals surface area contributed by atoms with Crippen LogP contribution in [0.4, 0.5) is 53.4 Å². The van der Waals surface area contributed by atoms with Crippen LogP contribution in [0.5, 0.6) is 0 Å². The van der Waals surface area contributed by atoms with Crippen molar-refractivity contribution in [3.63, 3.8) is 0 Å². The van der Waals surface area contributed by atoms with E-state index in [0.29, 0.717) is 0 Å².